The molecule has 0 spiro atoms. The Kier molecular flexibility index (Phi) is 6.68. The van der Waals surface area contributed by atoms with Crippen molar-refractivity contribution in [3.8, 4) is 0 Å². The maximum atomic E-state index is 13.1. The lowest BCUT2D eigenvalue weighted by Gasteiger charge is -2.33. The number of rotatable bonds is 5. The summed E-state index contributed by atoms with van der Waals surface area (Å²) in [4.78, 5) is 35.3. The first-order chi connectivity index (χ1) is 13.0. The molecule has 3 rings (SSSR count). The number of hydrogen-bond acceptors (Lipinski definition) is 6. The highest BCUT2D eigenvalue weighted by molar-refractivity contribution is 7.13. The van der Waals surface area contributed by atoms with Crippen molar-refractivity contribution in [2.75, 3.05) is 4.90 Å². The zero-order chi connectivity index (χ0) is 19.4. The van der Waals surface area contributed by atoms with Crippen LogP contribution < -0.4 is 4.90 Å². The van der Waals surface area contributed by atoms with Gasteiger partial charge < -0.3 is 4.74 Å². The van der Waals surface area contributed by atoms with Gasteiger partial charge in [0.15, 0.2) is 11.2 Å². The Morgan fingerprint density at radius 3 is 2.63 bits per heavy atom. The van der Waals surface area contributed by atoms with Crippen molar-refractivity contribution < 1.29 is 14.3 Å². The molecule has 0 radical (unpaired) electrons. The number of carbonyl (C=O) groups excluding carboxylic acids is 2. The number of pyridine rings is 1. The van der Waals surface area contributed by atoms with Crippen molar-refractivity contribution in [1.82, 2.24) is 9.97 Å². The molecule has 0 saturated heterocycles. The summed E-state index contributed by atoms with van der Waals surface area (Å²) in [5.41, 5.74) is 0.141. The number of aromatic nitrogens is 2. The number of anilines is 1. The van der Waals surface area contributed by atoms with Gasteiger partial charge in [-0.2, -0.15) is 0 Å². The van der Waals surface area contributed by atoms with Crippen LogP contribution in [0.1, 0.15) is 49.4 Å². The molecule has 9 heteroatoms. The Bertz CT molecular complexity index is 810. The highest BCUT2D eigenvalue weighted by Crippen LogP contribution is 2.30. The summed E-state index contributed by atoms with van der Waals surface area (Å²) in [7, 11) is 0. The Labute approximate surface area is 171 Å². The average molecular weight is 428 g/mol. The summed E-state index contributed by atoms with van der Waals surface area (Å²) in [6, 6.07) is 1.45. The molecular formula is C18H19Cl2N3O3S. The van der Waals surface area contributed by atoms with E-state index in [9.17, 15) is 9.59 Å². The van der Waals surface area contributed by atoms with E-state index < -0.39 is 12.1 Å². The molecule has 144 valence electrons. The minimum atomic E-state index is -0.960. The fraction of sp³-hybridized carbons (Fsp3) is 0.444. The largest absolute Gasteiger partial charge is 0.449 e. The number of carbonyl (C=O) groups is 2. The van der Waals surface area contributed by atoms with E-state index in [4.69, 9.17) is 27.9 Å². The van der Waals surface area contributed by atoms with Gasteiger partial charge in [0, 0.05) is 23.8 Å². The van der Waals surface area contributed by atoms with Crippen LogP contribution in [0.3, 0.4) is 0 Å². The summed E-state index contributed by atoms with van der Waals surface area (Å²) in [6.07, 6.45) is 7.13. The van der Waals surface area contributed by atoms with Crippen LogP contribution in [-0.2, 0) is 9.53 Å². The van der Waals surface area contributed by atoms with Crippen molar-refractivity contribution in [1.29, 1.82) is 0 Å². The van der Waals surface area contributed by atoms with Gasteiger partial charge in [-0.3, -0.25) is 9.69 Å². The third-order valence-electron chi connectivity index (χ3n) is 4.47. The molecule has 1 aliphatic rings. The monoisotopic (exact) mass is 427 g/mol. The number of halogens is 2. The van der Waals surface area contributed by atoms with E-state index in [0.717, 1.165) is 25.7 Å². The van der Waals surface area contributed by atoms with Crippen LogP contribution in [0, 0.1) is 0 Å². The minimum absolute atomic E-state index is 0.0743. The van der Waals surface area contributed by atoms with Gasteiger partial charge in [-0.1, -0.05) is 42.5 Å². The lowest BCUT2D eigenvalue weighted by atomic mass is 9.94. The zero-order valence-electron chi connectivity index (χ0n) is 14.7. The summed E-state index contributed by atoms with van der Waals surface area (Å²) >= 11 is 13.1. The molecule has 6 nitrogen and oxygen atoms in total. The molecular weight excluding hydrogens is 409 g/mol. The molecule has 0 aromatic carbocycles. The number of esters is 1. The maximum Gasteiger partial charge on any atom is 0.340 e. The quantitative estimate of drug-likeness (QED) is 0.507. The molecule has 0 aliphatic heterocycles. The highest BCUT2D eigenvalue weighted by Gasteiger charge is 2.33. The molecule has 1 aliphatic carbocycles. The van der Waals surface area contributed by atoms with Gasteiger partial charge >= 0.3 is 5.97 Å². The number of hydrogen-bond donors (Lipinski definition) is 0. The van der Waals surface area contributed by atoms with Crippen LogP contribution in [0.2, 0.25) is 10.2 Å². The number of thiazole rings is 1. The zero-order valence-corrected chi connectivity index (χ0v) is 17.1. The van der Waals surface area contributed by atoms with Gasteiger partial charge in [-0.15, -0.1) is 11.3 Å². The lowest BCUT2D eigenvalue weighted by molar-refractivity contribution is -0.127. The summed E-state index contributed by atoms with van der Waals surface area (Å²) in [5.74, 6) is -0.956. The molecule has 2 aromatic heterocycles. The van der Waals surface area contributed by atoms with Gasteiger partial charge in [0.1, 0.15) is 5.15 Å². The van der Waals surface area contributed by atoms with Gasteiger partial charge in [0.05, 0.1) is 10.6 Å². The molecule has 1 amide bonds. The van der Waals surface area contributed by atoms with Gasteiger partial charge in [0.2, 0.25) is 0 Å². The second kappa shape index (κ2) is 8.99. The van der Waals surface area contributed by atoms with E-state index in [1.165, 1.54) is 30.0 Å². The first-order valence-corrected chi connectivity index (χ1v) is 10.4. The number of amides is 1. The number of ether oxygens (including phenoxy) is 1. The van der Waals surface area contributed by atoms with E-state index in [0.29, 0.717) is 5.13 Å². The van der Waals surface area contributed by atoms with Gasteiger partial charge in [-0.05, 0) is 25.8 Å². The molecule has 2 heterocycles. The molecule has 2 aromatic rings. The minimum Gasteiger partial charge on any atom is -0.449 e. The van der Waals surface area contributed by atoms with E-state index in [-0.39, 0.29) is 27.7 Å². The van der Waals surface area contributed by atoms with E-state index in [1.807, 2.05) is 5.38 Å². The van der Waals surface area contributed by atoms with E-state index >= 15 is 0 Å². The average Bonchev–Trinajstić information content (AvgIpc) is 3.19. The summed E-state index contributed by atoms with van der Waals surface area (Å²) in [5, 5.41) is 2.71. The molecule has 1 saturated carbocycles. The number of nitrogens with zero attached hydrogens (tertiary/aromatic N) is 3. The van der Waals surface area contributed by atoms with Crippen LogP contribution in [0.5, 0.6) is 0 Å². The maximum absolute atomic E-state index is 13.1. The van der Waals surface area contributed by atoms with Gasteiger partial charge in [0.25, 0.3) is 5.91 Å². The van der Waals surface area contributed by atoms with Gasteiger partial charge in [-0.25, -0.2) is 14.8 Å². The Morgan fingerprint density at radius 1 is 1.26 bits per heavy atom. The van der Waals surface area contributed by atoms with E-state index in [1.54, 1.807) is 18.0 Å². The predicted molar refractivity (Wildman–Crippen MR) is 106 cm³/mol. The fourth-order valence-electron chi connectivity index (χ4n) is 3.11. The second-order valence-corrected chi connectivity index (χ2v) is 8.00. The molecule has 0 bridgehead atoms. The van der Waals surface area contributed by atoms with Crippen LogP contribution in [0.15, 0.2) is 23.8 Å². The van der Waals surface area contributed by atoms with Crippen molar-refractivity contribution in [2.24, 2.45) is 0 Å². The van der Waals surface area contributed by atoms with Crippen molar-refractivity contribution in [2.45, 2.75) is 51.2 Å². The molecule has 27 heavy (non-hydrogen) atoms. The predicted octanol–water partition coefficient (Wildman–Crippen LogP) is 4.76. The van der Waals surface area contributed by atoms with Crippen LogP contribution in [-0.4, -0.2) is 34.0 Å². The highest BCUT2D eigenvalue weighted by atomic mass is 35.5. The second-order valence-electron chi connectivity index (χ2n) is 6.36. The standard InChI is InChI=1S/C18H19Cl2N3O3S/c1-11(26-17(25)12-9-14(19)15(20)22-10-12)16(24)23(18-21-7-8-27-18)13-5-3-2-4-6-13/h7-11,13H,2-6H2,1H3. The van der Waals surface area contributed by atoms with Crippen LogP contribution in [0.4, 0.5) is 5.13 Å². The van der Waals surface area contributed by atoms with Crippen molar-refractivity contribution >= 4 is 51.5 Å². The Balaban J connectivity index is 1.74. The topological polar surface area (TPSA) is 72.4 Å². The van der Waals surface area contributed by atoms with Crippen LogP contribution in [0.25, 0.3) is 0 Å². The molecule has 1 atom stereocenters. The van der Waals surface area contributed by atoms with Crippen LogP contribution >= 0.6 is 34.5 Å². The third-order valence-corrected chi connectivity index (χ3v) is 5.92. The fourth-order valence-corrected chi connectivity index (χ4v) is 4.10. The molecule has 1 fully saturated rings. The third kappa shape index (κ3) is 4.78. The Morgan fingerprint density at radius 2 is 2.00 bits per heavy atom. The first-order valence-electron chi connectivity index (χ1n) is 8.72. The smallest absolute Gasteiger partial charge is 0.340 e. The first kappa shape index (κ1) is 20.0. The summed E-state index contributed by atoms with van der Waals surface area (Å²) in [6.45, 7) is 1.56. The van der Waals surface area contributed by atoms with Crippen molar-refractivity contribution in [3.63, 3.8) is 0 Å². The lowest BCUT2D eigenvalue weighted by Crippen LogP contribution is -2.47. The molecule has 0 N–H and O–H groups in total. The van der Waals surface area contributed by atoms with Crippen molar-refractivity contribution in [3.05, 3.63) is 39.6 Å². The normalized spacial score (nSPS) is 16.0. The Hall–Kier alpha value is -1.70. The summed E-state index contributed by atoms with van der Waals surface area (Å²) < 4.78 is 5.37. The molecule has 1 unspecified atom stereocenters. The SMILES string of the molecule is CC(OC(=O)c1cnc(Cl)c(Cl)c1)C(=O)N(c1nccs1)C1CCCCC1. The van der Waals surface area contributed by atoms with E-state index in [2.05, 4.69) is 9.97 Å².